The molecule has 2 rings (SSSR count). The van der Waals surface area contributed by atoms with Gasteiger partial charge in [-0.2, -0.15) is 0 Å². The van der Waals surface area contributed by atoms with Crippen molar-refractivity contribution < 1.29 is 29.4 Å². The number of anilines is 1. The number of aliphatic carboxylic acids is 1. The van der Waals surface area contributed by atoms with Crippen LogP contribution in [0.2, 0.25) is 5.02 Å². The van der Waals surface area contributed by atoms with Gasteiger partial charge < -0.3 is 31.5 Å². The molecule has 0 spiro atoms. The number of carbonyl (C=O) groups excluding carboxylic acids is 3. The quantitative estimate of drug-likeness (QED) is 0.345. The van der Waals surface area contributed by atoms with E-state index in [0.29, 0.717) is 25.1 Å². The molecule has 0 bridgehead atoms. The van der Waals surface area contributed by atoms with Crippen LogP contribution in [0.3, 0.4) is 0 Å². The Labute approximate surface area is 197 Å². The van der Waals surface area contributed by atoms with Gasteiger partial charge in [0.1, 0.15) is 12.1 Å². The SMILES string of the molecule is CC(C)(C)[C@H](NC(=O)c1ccc(N)c(Cl)c1)C(=O)N1CCC[C@H]1C(=O)N[C@H](CO)CC(=O)O. The van der Waals surface area contributed by atoms with Crippen molar-refractivity contribution in [2.45, 2.75) is 58.2 Å². The number of benzene rings is 1. The summed E-state index contributed by atoms with van der Waals surface area (Å²) in [6.45, 7) is 5.17. The van der Waals surface area contributed by atoms with Crippen LogP contribution < -0.4 is 16.4 Å². The molecule has 1 aromatic carbocycles. The van der Waals surface area contributed by atoms with E-state index in [9.17, 15) is 24.3 Å². The fourth-order valence-corrected chi connectivity index (χ4v) is 3.85. The van der Waals surface area contributed by atoms with E-state index in [1.807, 2.05) is 0 Å². The first-order valence-corrected chi connectivity index (χ1v) is 11.0. The van der Waals surface area contributed by atoms with Crippen LogP contribution in [0.4, 0.5) is 5.69 Å². The molecule has 3 atom stereocenters. The Balaban J connectivity index is 2.20. The standard InChI is InChI=1S/C22H31ClN4O6/c1-22(2,3)18(26-19(31)12-6-7-15(24)14(23)9-12)21(33)27-8-4-5-16(27)20(32)25-13(11-28)10-17(29)30/h6-7,9,13,16,18,28H,4-5,8,10-11,24H2,1-3H3,(H,25,32)(H,26,31)(H,29,30)/t13-,16-,18+/m0/s1. The number of hydrogen-bond donors (Lipinski definition) is 5. The largest absolute Gasteiger partial charge is 0.481 e. The van der Waals surface area contributed by atoms with Crippen LogP contribution in [0.5, 0.6) is 0 Å². The van der Waals surface area contributed by atoms with E-state index >= 15 is 0 Å². The fraction of sp³-hybridized carbons (Fsp3) is 0.545. The van der Waals surface area contributed by atoms with Gasteiger partial charge in [-0.25, -0.2) is 0 Å². The van der Waals surface area contributed by atoms with E-state index in [1.54, 1.807) is 20.8 Å². The minimum atomic E-state index is -1.16. The predicted molar refractivity (Wildman–Crippen MR) is 123 cm³/mol. The molecule has 1 aliphatic heterocycles. The number of hydrogen-bond acceptors (Lipinski definition) is 6. The summed E-state index contributed by atoms with van der Waals surface area (Å²) in [6.07, 6.45) is 0.528. The molecule has 0 aliphatic carbocycles. The molecule has 0 aromatic heterocycles. The van der Waals surface area contributed by atoms with Crippen LogP contribution in [0.1, 0.15) is 50.4 Å². The first-order chi connectivity index (χ1) is 15.3. The van der Waals surface area contributed by atoms with Gasteiger partial charge in [0, 0.05) is 12.1 Å². The number of carbonyl (C=O) groups is 4. The van der Waals surface area contributed by atoms with Crippen molar-refractivity contribution in [1.29, 1.82) is 0 Å². The van der Waals surface area contributed by atoms with Gasteiger partial charge in [-0.05, 0) is 36.5 Å². The first kappa shape index (κ1) is 26.4. The number of rotatable bonds is 8. The van der Waals surface area contributed by atoms with Crippen molar-refractivity contribution in [3.05, 3.63) is 28.8 Å². The van der Waals surface area contributed by atoms with Crippen molar-refractivity contribution in [3.8, 4) is 0 Å². The number of aliphatic hydroxyl groups excluding tert-OH is 1. The van der Waals surface area contributed by atoms with E-state index in [4.69, 9.17) is 22.4 Å². The van der Waals surface area contributed by atoms with Gasteiger partial charge in [0.2, 0.25) is 11.8 Å². The zero-order chi connectivity index (χ0) is 24.9. The van der Waals surface area contributed by atoms with E-state index in [-0.39, 0.29) is 10.6 Å². The number of nitrogen functional groups attached to an aromatic ring is 1. The summed E-state index contributed by atoms with van der Waals surface area (Å²) in [5.74, 6) is -2.63. The van der Waals surface area contributed by atoms with Crippen molar-refractivity contribution in [2.75, 3.05) is 18.9 Å². The number of amides is 3. The van der Waals surface area contributed by atoms with Crippen LogP contribution in [0.25, 0.3) is 0 Å². The smallest absolute Gasteiger partial charge is 0.305 e. The lowest BCUT2D eigenvalue weighted by Crippen LogP contribution is -2.58. The lowest BCUT2D eigenvalue weighted by molar-refractivity contribution is -0.143. The summed E-state index contributed by atoms with van der Waals surface area (Å²) < 4.78 is 0. The van der Waals surface area contributed by atoms with Gasteiger partial charge in [0.25, 0.3) is 5.91 Å². The van der Waals surface area contributed by atoms with Gasteiger partial charge in [-0.3, -0.25) is 19.2 Å². The summed E-state index contributed by atoms with van der Waals surface area (Å²) in [6, 6.07) is 1.70. The van der Waals surface area contributed by atoms with E-state index < -0.39 is 60.3 Å². The number of carboxylic acids is 1. The normalized spacial score (nSPS) is 17.8. The third-order valence-electron chi connectivity index (χ3n) is 5.48. The zero-order valence-electron chi connectivity index (χ0n) is 18.9. The van der Waals surface area contributed by atoms with Crippen molar-refractivity contribution in [2.24, 2.45) is 5.41 Å². The molecule has 1 fully saturated rings. The maximum Gasteiger partial charge on any atom is 0.305 e. The highest BCUT2D eigenvalue weighted by Crippen LogP contribution is 2.27. The third-order valence-corrected chi connectivity index (χ3v) is 5.80. The molecular formula is C22H31ClN4O6. The summed E-state index contributed by atoms with van der Waals surface area (Å²) in [5, 5.41) is 23.8. The second-order valence-corrected chi connectivity index (χ2v) is 9.59. The molecule has 0 radical (unpaired) electrons. The topological polar surface area (TPSA) is 162 Å². The number of nitrogens with two attached hydrogens (primary N) is 1. The lowest BCUT2D eigenvalue weighted by atomic mass is 9.85. The summed E-state index contributed by atoms with van der Waals surface area (Å²) in [4.78, 5) is 51.4. The molecule has 182 valence electrons. The summed E-state index contributed by atoms with van der Waals surface area (Å²) >= 11 is 6.01. The Bertz CT molecular complexity index is 917. The van der Waals surface area contributed by atoms with Gasteiger partial charge in [-0.15, -0.1) is 0 Å². The molecule has 6 N–H and O–H groups in total. The van der Waals surface area contributed by atoms with E-state index in [0.717, 1.165) is 0 Å². The van der Waals surface area contributed by atoms with Crippen LogP contribution in [-0.4, -0.2) is 70.1 Å². The van der Waals surface area contributed by atoms with Crippen molar-refractivity contribution in [3.63, 3.8) is 0 Å². The molecule has 10 nitrogen and oxygen atoms in total. The highest BCUT2D eigenvalue weighted by molar-refractivity contribution is 6.33. The average Bonchev–Trinajstić information content (AvgIpc) is 3.21. The minimum absolute atomic E-state index is 0.220. The Kier molecular flexibility index (Phi) is 8.68. The Hall–Kier alpha value is -2.85. The number of aliphatic hydroxyl groups is 1. The second kappa shape index (κ2) is 10.8. The van der Waals surface area contributed by atoms with E-state index in [2.05, 4.69) is 10.6 Å². The summed E-state index contributed by atoms with van der Waals surface area (Å²) in [7, 11) is 0. The molecule has 1 aliphatic rings. The third kappa shape index (κ3) is 6.82. The monoisotopic (exact) mass is 482 g/mol. The fourth-order valence-electron chi connectivity index (χ4n) is 3.67. The molecule has 11 heteroatoms. The maximum atomic E-state index is 13.5. The summed E-state index contributed by atoms with van der Waals surface area (Å²) in [5.41, 5.74) is 5.59. The molecule has 1 aromatic rings. The highest BCUT2D eigenvalue weighted by Gasteiger charge is 2.42. The number of carboxylic acid groups (broad SMARTS) is 1. The van der Waals surface area contributed by atoms with Gasteiger partial charge in [-0.1, -0.05) is 32.4 Å². The van der Waals surface area contributed by atoms with Crippen molar-refractivity contribution in [1.82, 2.24) is 15.5 Å². The second-order valence-electron chi connectivity index (χ2n) is 9.18. The van der Waals surface area contributed by atoms with Gasteiger partial charge in [0.05, 0.1) is 29.8 Å². The van der Waals surface area contributed by atoms with E-state index in [1.165, 1.54) is 23.1 Å². The number of nitrogens with one attached hydrogen (secondary N) is 2. The van der Waals surface area contributed by atoms with Crippen LogP contribution in [0, 0.1) is 5.41 Å². The minimum Gasteiger partial charge on any atom is -0.481 e. The molecule has 0 saturated carbocycles. The van der Waals surface area contributed by atoms with Crippen LogP contribution in [-0.2, 0) is 14.4 Å². The van der Waals surface area contributed by atoms with Gasteiger partial charge >= 0.3 is 5.97 Å². The Morgan fingerprint density at radius 2 is 1.91 bits per heavy atom. The van der Waals surface area contributed by atoms with Gasteiger partial charge in [0.15, 0.2) is 0 Å². The maximum absolute atomic E-state index is 13.5. The number of nitrogens with zero attached hydrogens (tertiary/aromatic N) is 1. The highest BCUT2D eigenvalue weighted by atomic mass is 35.5. The van der Waals surface area contributed by atoms with Crippen molar-refractivity contribution >= 4 is 41.0 Å². The predicted octanol–water partition coefficient (Wildman–Crippen LogP) is 1.01. The molecule has 1 heterocycles. The molecule has 3 amide bonds. The Morgan fingerprint density at radius 1 is 1.24 bits per heavy atom. The zero-order valence-corrected chi connectivity index (χ0v) is 19.7. The Morgan fingerprint density at radius 3 is 2.45 bits per heavy atom. The molecule has 1 saturated heterocycles. The van der Waals surface area contributed by atoms with Crippen LogP contribution in [0.15, 0.2) is 18.2 Å². The van der Waals surface area contributed by atoms with Crippen LogP contribution >= 0.6 is 11.6 Å². The first-order valence-electron chi connectivity index (χ1n) is 10.6. The number of likely N-dealkylation sites (tertiary alicyclic amines) is 1. The number of halogens is 1. The molecule has 0 unspecified atom stereocenters. The molecule has 33 heavy (non-hydrogen) atoms. The average molecular weight is 483 g/mol. The lowest BCUT2D eigenvalue weighted by Gasteiger charge is -2.35. The molecular weight excluding hydrogens is 452 g/mol.